The third-order valence-corrected chi connectivity index (χ3v) is 3.59. The van der Waals surface area contributed by atoms with Gasteiger partial charge in [0, 0.05) is 19.7 Å². The average Bonchev–Trinajstić information content (AvgIpc) is 2.47. The fourth-order valence-corrected chi connectivity index (χ4v) is 2.54. The summed E-state index contributed by atoms with van der Waals surface area (Å²) in [5.74, 6) is 0.563. The van der Waals surface area contributed by atoms with Crippen LogP contribution in [-0.2, 0) is 0 Å². The molecule has 0 aliphatic carbocycles. The molecule has 1 heterocycles. The molecule has 0 saturated carbocycles. The number of nitrogens with zero attached hydrogens (tertiary/aromatic N) is 1. The highest BCUT2D eigenvalue weighted by atomic mass is 19.1. The normalized spacial score (nSPS) is 21.6. The van der Waals surface area contributed by atoms with Gasteiger partial charge in [0.25, 0.3) is 0 Å². The standard InChI is InChI=1S/C15H22FNO3/c16-13-3-5-15(6-4-13)20-11-14(19)9-17-7-1-2-12(8-17)10-18/h3-6,12,14,18-19H,1-2,7-11H2. The van der Waals surface area contributed by atoms with Gasteiger partial charge in [-0.15, -0.1) is 0 Å². The summed E-state index contributed by atoms with van der Waals surface area (Å²) >= 11 is 0. The Labute approximate surface area is 118 Å². The first kappa shape index (κ1) is 15.2. The van der Waals surface area contributed by atoms with E-state index in [1.165, 1.54) is 12.1 Å². The van der Waals surface area contributed by atoms with Gasteiger partial charge in [-0.25, -0.2) is 4.39 Å². The van der Waals surface area contributed by atoms with E-state index in [9.17, 15) is 14.6 Å². The number of benzene rings is 1. The van der Waals surface area contributed by atoms with E-state index in [4.69, 9.17) is 4.74 Å². The van der Waals surface area contributed by atoms with Crippen molar-refractivity contribution in [2.45, 2.75) is 18.9 Å². The van der Waals surface area contributed by atoms with Crippen LogP contribution >= 0.6 is 0 Å². The minimum absolute atomic E-state index is 0.186. The molecular weight excluding hydrogens is 261 g/mol. The van der Waals surface area contributed by atoms with Gasteiger partial charge in [0.2, 0.25) is 0 Å². The van der Waals surface area contributed by atoms with E-state index in [0.29, 0.717) is 18.2 Å². The maximum atomic E-state index is 12.7. The van der Waals surface area contributed by atoms with Crippen LogP contribution in [0.2, 0.25) is 0 Å². The second kappa shape index (κ2) is 7.57. The summed E-state index contributed by atoms with van der Waals surface area (Å²) in [5.41, 5.74) is 0. The topological polar surface area (TPSA) is 52.9 Å². The summed E-state index contributed by atoms with van der Waals surface area (Å²) in [6.07, 6.45) is 1.52. The van der Waals surface area contributed by atoms with Gasteiger partial charge in [-0.05, 0) is 49.6 Å². The summed E-state index contributed by atoms with van der Waals surface area (Å²) in [7, 11) is 0. The number of aliphatic hydroxyl groups is 2. The molecule has 0 aromatic heterocycles. The molecule has 1 aromatic carbocycles. The molecule has 2 rings (SSSR count). The monoisotopic (exact) mass is 283 g/mol. The molecule has 1 aromatic rings. The Morgan fingerprint density at radius 1 is 1.35 bits per heavy atom. The van der Waals surface area contributed by atoms with Gasteiger partial charge in [0.15, 0.2) is 0 Å². The van der Waals surface area contributed by atoms with Crippen LogP contribution in [0.15, 0.2) is 24.3 Å². The number of piperidine rings is 1. The third-order valence-electron chi connectivity index (χ3n) is 3.59. The van der Waals surface area contributed by atoms with Crippen molar-refractivity contribution in [3.63, 3.8) is 0 Å². The molecule has 5 heteroatoms. The molecule has 20 heavy (non-hydrogen) atoms. The minimum atomic E-state index is -0.586. The highest BCUT2D eigenvalue weighted by molar-refractivity contribution is 5.22. The Bertz CT molecular complexity index is 399. The SMILES string of the molecule is OCC1CCCN(CC(O)COc2ccc(F)cc2)C1. The maximum Gasteiger partial charge on any atom is 0.123 e. The van der Waals surface area contributed by atoms with E-state index in [-0.39, 0.29) is 19.0 Å². The van der Waals surface area contributed by atoms with Crippen molar-refractivity contribution >= 4 is 0 Å². The zero-order valence-electron chi connectivity index (χ0n) is 11.5. The summed E-state index contributed by atoms with van der Waals surface area (Å²) in [6, 6.07) is 5.76. The van der Waals surface area contributed by atoms with Crippen molar-refractivity contribution in [3.8, 4) is 5.75 Å². The minimum Gasteiger partial charge on any atom is -0.491 e. The number of likely N-dealkylation sites (tertiary alicyclic amines) is 1. The molecule has 1 aliphatic rings. The first-order valence-corrected chi connectivity index (χ1v) is 7.07. The number of hydrogen-bond donors (Lipinski definition) is 2. The van der Waals surface area contributed by atoms with Gasteiger partial charge in [0.05, 0.1) is 0 Å². The Morgan fingerprint density at radius 2 is 2.10 bits per heavy atom. The highest BCUT2D eigenvalue weighted by Crippen LogP contribution is 2.16. The van der Waals surface area contributed by atoms with Gasteiger partial charge in [-0.2, -0.15) is 0 Å². The molecule has 0 spiro atoms. The highest BCUT2D eigenvalue weighted by Gasteiger charge is 2.21. The summed E-state index contributed by atoms with van der Waals surface area (Å²) < 4.78 is 18.2. The summed E-state index contributed by atoms with van der Waals surface area (Å²) in [5, 5.41) is 19.1. The third kappa shape index (κ3) is 4.74. The lowest BCUT2D eigenvalue weighted by Gasteiger charge is -2.33. The predicted octanol–water partition coefficient (Wildman–Crippen LogP) is 1.27. The quantitative estimate of drug-likeness (QED) is 0.825. The maximum absolute atomic E-state index is 12.7. The molecule has 1 aliphatic heterocycles. The van der Waals surface area contributed by atoms with Crippen LogP contribution < -0.4 is 4.74 Å². The second-order valence-corrected chi connectivity index (χ2v) is 5.37. The summed E-state index contributed by atoms with van der Waals surface area (Å²) in [4.78, 5) is 2.16. The Kier molecular flexibility index (Phi) is 5.76. The number of halogens is 1. The second-order valence-electron chi connectivity index (χ2n) is 5.37. The lowest BCUT2D eigenvalue weighted by atomic mass is 9.99. The van der Waals surface area contributed by atoms with Crippen molar-refractivity contribution in [3.05, 3.63) is 30.1 Å². The van der Waals surface area contributed by atoms with Crippen LogP contribution in [0.4, 0.5) is 4.39 Å². The van der Waals surface area contributed by atoms with E-state index < -0.39 is 6.10 Å². The number of rotatable bonds is 6. The van der Waals surface area contributed by atoms with Crippen molar-refractivity contribution in [1.29, 1.82) is 0 Å². The van der Waals surface area contributed by atoms with Gasteiger partial charge >= 0.3 is 0 Å². The Morgan fingerprint density at radius 3 is 2.80 bits per heavy atom. The van der Waals surface area contributed by atoms with E-state index >= 15 is 0 Å². The Balaban J connectivity index is 1.72. The molecule has 1 saturated heterocycles. The molecule has 4 nitrogen and oxygen atoms in total. The van der Waals surface area contributed by atoms with Gasteiger partial charge < -0.3 is 19.8 Å². The van der Waals surface area contributed by atoms with Crippen LogP contribution in [-0.4, -0.2) is 54.1 Å². The molecule has 2 N–H and O–H groups in total. The van der Waals surface area contributed by atoms with Crippen LogP contribution in [0, 0.1) is 11.7 Å². The van der Waals surface area contributed by atoms with Gasteiger partial charge in [-0.1, -0.05) is 0 Å². The predicted molar refractivity (Wildman–Crippen MR) is 74.2 cm³/mol. The lowest BCUT2D eigenvalue weighted by Crippen LogP contribution is -2.42. The summed E-state index contributed by atoms with van der Waals surface area (Å²) in [6.45, 7) is 2.70. The van der Waals surface area contributed by atoms with Crippen LogP contribution in [0.3, 0.4) is 0 Å². The Hall–Kier alpha value is -1.17. The van der Waals surface area contributed by atoms with Crippen molar-refractivity contribution in [2.75, 3.05) is 32.8 Å². The van der Waals surface area contributed by atoms with Crippen molar-refractivity contribution in [1.82, 2.24) is 4.90 Å². The molecule has 2 atom stereocenters. The first-order valence-electron chi connectivity index (χ1n) is 7.07. The van der Waals surface area contributed by atoms with E-state index in [1.54, 1.807) is 12.1 Å². The molecular formula is C15H22FNO3. The molecule has 0 bridgehead atoms. The number of ether oxygens (including phenoxy) is 1. The van der Waals surface area contributed by atoms with E-state index in [1.807, 2.05) is 0 Å². The van der Waals surface area contributed by atoms with Crippen LogP contribution in [0.5, 0.6) is 5.75 Å². The van der Waals surface area contributed by atoms with Gasteiger partial charge in [-0.3, -0.25) is 0 Å². The fourth-order valence-electron chi connectivity index (χ4n) is 2.54. The molecule has 0 radical (unpaired) electrons. The van der Waals surface area contributed by atoms with Gasteiger partial charge in [0.1, 0.15) is 24.3 Å². The van der Waals surface area contributed by atoms with Crippen molar-refractivity contribution < 1.29 is 19.3 Å². The van der Waals surface area contributed by atoms with E-state index in [2.05, 4.69) is 4.90 Å². The lowest BCUT2D eigenvalue weighted by molar-refractivity contribution is 0.0431. The fraction of sp³-hybridized carbons (Fsp3) is 0.600. The van der Waals surface area contributed by atoms with E-state index in [0.717, 1.165) is 25.9 Å². The first-order chi connectivity index (χ1) is 9.67. The number of aliphatic hydroxyl groups excluding tert-OH is 2. The number of hydrogen-bond acceptors (Lipinski definition) is 4. The zero-order valence-corrected chi connectivity index (χ0v) is 11.5. The van der Waals surface area contributed by atoms with Crippen LogP contribution in [0.25, 0.3) is 0 Å². The zero-order chi connectivity index (χ0) is 14.4. The molecule has 0 amide bonds. The number of β-amino-alcohol motifs (C(OH)–C–C–N with tert-alkyl or cyclic N) is 1. The smallest absolute Gasteiger partial charge is 0.123 e. The molecule has 1 fully saturated rings. The van der Waals surface area contributed by atoms with Crippen LogP contribution in [0.1, 0.15) is 12.8 Å². The average molecular weight is 283 g/mol. The van der Waals surface area contributed by atoms with Crippen molar-refractivity contribution in [2.24, 2.45) is 5.92 Å². The molecule has 2 unspecified atom stereocenters. The largest absolute Gasteiger partial charge is 0.491 e. The molecule has 112 valence electrons.